The zero-order valence-electron chi connectivity index (χ0n) is 18.6. The van der Waals surface area contributed by atoms with Gasteiger partial charge in [0.1, 0.15) is 11.5 Å². The molecule has 2 aromatic rings. The number of alkyl halides is 1. The van der Waals surface area contributed by atoms with Gasteiger partial charge in [0.25, 0.3) is 5.91 Å². The van der Waals surface area contributed by atoms with Crippen molar-refractivity contribution in [1.82, 2.24) is 14.7 Å². The summed E-state index contributed by atoms with van der Waals surface area (Å²) in [5.74, 6) is -0.262. The van der Waals surface area contributed by atoms with Gasteiger partial charge in [-0.25, -0.2) is 9.69 Å². The first-order chi connectivity index (χ1) is 16.0. The van der Waals surface area contributed by atoms with Crippen molar-refractivity contribution in [1.29, 1.82) is 0 Å². The molecule has 3 amide bonds. The van der Waals surface area contributed by atoms with Gasteiger partial charge in [-0.3, -0.25) is 9.69 Å². The summed E-state index contributed by atoms with van der Waals surface area (Å²) in [6, 6.07) is 18.0. The van der Waals surface area contributed by atoms with Crippen LogP contribution < -0.4 is 0 Å². The fourth-order valence-electron chi connectivity index (χ4n) is 4.83. The third kappa shape index (κ3) is 4.61. The smallest absolute Gasteiger partial charge is 0.311 e. The molecular formula is C27H28ClN3O2. The van der Waals surface area contributed by atoms with Crippen molar-refractivity contribution < 1.29 is 9.59 Å². The summed E-state index contributed by atoms with van der Waals surface area (Å²) in [5.41, 5.74) is 4.41. The number of likely N-dealkylation sites (tertiary alicyclic amines) is 1. The summed E-state index contributed by atoms with van der Waals surface area (Å²) in [7, 11) is 0. The fourth-order valence-corrected chi connectivity index (χ4v) is 5.13. The Hall–Kier alpha value is -2.89. The Morgan fingerprint density at radius 3 is 2.18 bits per heavy atom. The number of halogens is 1. The van der Waals surface area contributed by atoms with Gasteiger partial charge in [0, 0.05) is 19.5 Å². The molecule has 2 saturated heterocycles. The van der Waals surface area contributed by atoms with Gasteiger partial charge in [-0.15, -0.1) is 0 Å². The van der Waals surface area contributed by atoms with E-state index in [2.05, 4.69) is 29.2 Å². The van der Waals surface area contributed by atoms with Crippen molar-refractivity contribution in [2.24, 2.45) is 0 Å². The number of hydrogen-bond acceptors (Lipinski definition) is 3. The van der Waals surface area contributed by atoms with E-state index < -0.39 is 5.00 Å². The van der Waals surface area contributed by atoms with Crippen molar-refractivity contribution in [3.8, 4) is 0 Å². The molecule has 0 N–H and O–H groups in total. The Kier molecular flexibility index (Phi) is 6.09. The van der Waals surface area contributed by atoms with Gasteiger partial charge in [-0.2, -0.15) is 0 Å². The summed E-state index contributed by atoms with van der Waals surface area (Å²) in [6.45, 7) is 3.74. The highest BCUT2D eigenvalue weighted by molar-refractivity contribution is 6.28. The molecule has 170 valence electrons. The quantitative estimate of drug-likeness (QED) is 0.344. The van der Waals surface area contributed by atoms with Gasteiger partial charge in [0.2, 0.25) is 0 Å². The molecule has 0 aromatic heterocycles. The summed E-state index contributed by atoms with van der Waals surface area (Å²) in [4.78, 5) is 30.1. The number of carbonyl (C=O) groups is 2. The summed E-state index contributed by atoms with van der Waals surface area (Å²) >= 11 is 6.82. The molecule has 3 aliphatic rings. The first-order valence-corrected chi connectivity index (χ1v) is 12.0. The third-order valence-electron chi connectivity index (χ3n) is 6.64. The number of allylic oxidation sites excluding steroid dienone is 2. The van der Waals surface area contributed by atoms with Gasteiger partial charge in [0.05, 0.1) is 0 Å². The van der Waals surface area contributed by atoms with Crippen molar-refractivity contribution in [2.45, 2.75) is 37.4 Å². The second-order valence-electron chi connectivity index (χ2n) is 9.05. The van der Waals surface area contributed by atoms with Crippen LogP contribution in [0, 0.1) is 0 Å². The van der Waals surface area contributed by atoms with E-state index in [1.165, 1.54) is 36.4 Å². The van der Waals surface area contributed by atoms with Crippen LogP contribution in [0.25, 0.3) is 5.57 Å². The lowest BCUT2D eigenvalue weighted by molar-refractivity contribution is -0.126. The number of amides is 3. The topological polar surface area (TPSA) is 43.9 Å². The normalized spacial score (nSPS) is 23.5. The minimum atomic E-state index is -1.17. The minimum Gasteiger partial charge on any atom is -0.311 e. The molecule has 1 unspecified atom stereocenters. The maximum atomic E-state index is 13.2. The molecule has 2 aromatic carbocycles. The van der Waals surface area contributed by atoms with E-state index in [0.717, 1.165) is 23.2 Å². The predicted molar refractivity (Wildman–Crippen MR) is 130 cm³/mol. The highest BCUT2D eigenvalue weighted by Gasteiger charge is 2.47. The van der Waals surface area contributed by atoms with Crippen LogP contribution in [0.5, 0.6) is 0 Å². The predicted octanol–water partition coefficient (Wildman–Crippen LogP) is 5.03. The maximum absolute atomic E-state index is 13.2. The van der Waals surface area contributed by atoms with E-state index in [1.807, 2.05) is 42.5 Å². The minimum absolute atomic E-state index is 0.0475. The number of imide groups is 1. The van der Waals surface area contributed by atoms with Gasteiger partial charge < -0.3 is 4.90 Å². The van der Waals surface area contributed by atoms with Crippen LogP contribution in [-0.2, 0) is 17.9 Å². The second-order valence-corrected chi connectivity index (χ2v) is 9.70. The first-order valence-electron chi connectivity index (χ1n) is 11.6. The Bertz CT molecular complexity index is 1090. The molecule has 2 aliphatic heterocycles. The zero-order chi connectivity index (χ0) is 22.8. The van der Waals surface area contributed by atoms with E-state index in [1.54, 1.807) is 11.0 Å². The lowest BCUT2D eigenvalue weighted by Crippen LogP contribution is -2.47. The molecule has 0 spiro atoms. The van der Waals surface area contributed by atoms with E-state index in [9.17, 15) is 9.59 Å². The van der Waals surface area contributed by atoms with Crippen LogP contribution in [0.1, 0.15) is 36.0 Å². The molecule has 5 nitrogen and oxygen atoms in total. The Balaban J connectivity index is 1.24. The van der Waals surface area contributed by atoms with Crippen molar-refractivity contribution in [2.75, 3.05) is 19.6 Å². The third-order valence-corrected chi connectivity index (χ3v) is 7.09. The first kappa shape index (κ1) is 21.9. The van der Waals surface area contributed by atoms with Crippen molar-refractivity contribution in [3.63, 3.8) is 0 Å². The average Bonchev–Trinajstić information content (AvgIpc) is 3.44. The lowest BCUT2D eigenvalue weighted by atomic mass is 9.96. The molecular weight excluding hydrogens is 434 g/mol. The zero-order valence-corrected chi connectivity index (χ0v) is 19.4. The van der Waals surface area contributed by atoms with E-state index in [0.29, 0.717) is 13.0 Å². The number of rotatable bonds is 6. The van der Waals surface area contributed by atoms with E-state index >= 15 is 0 Å². The SMILES string of the molecule is O=C1CN(Cc2ccc(CN3CCCC3)cc2)C(=O)N1C1(Cl)C=CC(c2ccccc2)=CC1. The second kappa shape index (κ2) is 9.16. The van der Waals surface area contributed by atoms with Gasteiger partial charge >= 0.3 is 6.03 Å². The molecule has 5 rings (SSSR count). The standard InChI is InChI=1S/C27H28ClN3O2/c28-27(14-12-24(13-15-27)23-6-2-1-3-7-23)31-25(32)20-30(26(31)33)19-22-10-8-21(9-11-22)18-29-16-4-5-17-29/h1-3,6-14H,4-5,15-20H2. The molecule has 1 aliphatic carbocycles. The number of nitrogens with zero attached hydrogens (tertiary/aromatic N) is 3. The number of urea groups is 1. The monoisotopic (exact) mass is 461 g/mol. The molecule has 2 heterocycles. The lowest BCUT2D eigenvalue weighted by Gasteiger charge is -2.33. The number of hydrogen-bond donors (Lipinski definition) is 0. The van der Waals surface area contributed by atoms with E-state index in [-0.39, 0.29) is 18.5 Å². The molecule has 0 saturated carbocycles. The Morgan fingerprint density at radius 2 is 1.55 bits per heavy atom. The van der Waals surface area contributed by atoms with Gasteiger partial charge in [0.15, 0.2) is 0 Å². The molecule has 2 fully saturated rings. The van der Waals surface area contributed by atoms with Crippen LogP contribution in [0.4, 0.5) is 4.79 Å². The van der Waals surface area contributed by atoms with Crippen molar-refractivity contribution in [3.05, 3.63) is 89.5 Å². The molecule has 1 atom stereocenters. The highest BCUT2D eigenvalue weighted by Crippen LogP contribution is 2.37. The fraction of sp³-hybridized carbons (Fsp3) is 0.333. The maximum Gasteiger partial charge on any atom is 0.329 e. The highest BCUT2D eigenvalue weighted by atomic mass is 35.5. The summed E-state index contributed by atoms with van der Waals surface area (Å²) in [6.07, 6.45) is 8.59. The van der Waals surface area contributed by atoms with Crippen LogP contribution in [0.3, 0.4) is 0 Å². The average molecular weight is 462 g/mol. The van der Waals surface area contributed by atoms with Crippen LogP contribution >= 0.6 is 11.6 Å². The Labute approximate surface area is 199 Å². The van der Waals surface area contributed by atoms with Crippen LogP contribution in [0.15, 0.2) is 72.8 Å². The molecule has 0 bridgehead atoms. The Morgan fingerprint density at radius 1 is 0.879 bits per heavy atom. The van der Waals surface area contributed by atoms with Crippen molar-refractivity contribution >= 4 is 29.1 Å². The van der Waals surface area contributed by atoms with Gasteiger partial charge in [-0.1, -0.05) is 78.4 Å². The molecule has 33 heavy (non-hydrogen) atoms. The number of benzene rings is 2. The van der Waals surface area contributed by atoms with Gasteiger partial charge in [-0.05, 0) is 54.3 Å². The largest absolute Gasteiger partial charge is 0.329 e. The van der Waals surface area contributed by atoms with Crippen LogP contribution in [0.2, 0.25) is 0 Å². The number of carbonyl (C=O) groups excluding carboxylic acids is 2. The molecule has 0 radical (unpaired) electrons. The molecule has 6 heteroatoms. The summed E-state index contributed by atoms with van der Waals surface area (Å²) in [5, 5.41) is 0. The summed E-state index contributed by atoms with van der Waals surface area (Å²) < 4.78 is 0. The van der Waals surface area contributed by atoms with Crippen LogP contribution in [-0.4, -0.2) is 51.3 Å². The van der Waals surface area contributed by atoms with E-state index in [4.69, 9.17) is 11.6 Å².